The molecule has 3 N–H and O–H groups in total. The maximum absolute atomic E-state index is 13.7. The van der Waals surface area contributed by atoms with E-state index in [1.807, 2.05) is 30.3 Å². The van der Waals surface area contributed by atoms with Gasteiger partial charge in [-0.3, -0.25) is 19.3 Å². The van der Waals surface area contributed by atoms with Crippen molar-refractivity contribution >= 4 is 35.2 Å². The van der Waals surface area contributed by atoms with Gasteiger partial charge in [0.2, 0.25) is 5.91 Å². The number of ether oxygens (including phenoxy) is 1. The minimum atomic E-state index is -0.778. The van der Waals surface area contributed by atoms with Crippen LogP contribution in [0.3, 0.4) is 0 Å². The van der Waals surface area contributed by atoms with Crippen LogP contribution in [0.1, 0.15) is 45.6 Å². The molecule has 0 saturated heterocycles. The molecule has 0 fully saturated rings. The van der Waals surface area contributed by atoms with E-state index in [4.69, 9.17) is 4.74 Å². The molecule has 0 saturated carbocycles. The number of urea groups is 1. The van der Waals surface area contributed by atoms with E-state index in [1.165, 1.54) is 11.8 Å². The van der Waals surface area contributed by atoms with Crippen molar-refractivity contribution < 1.29 is 23.9 Å². The minimum absolute atomic E-state index is 0.224. The van der Waals surface area contributed by atoms with Gasteiger partial charge in [0.05, 0.1) is 5.69 Å². The van der Waals surface area contributed by atoms with Crippen LogP contribution in [0.25, 0.3) is 0 Å². The number of esters is 1. The minimum Gasteiger partial charge on any atom is -0.453 e. The first kappa shape index (κ1) is 28.1. The summed E-state index contributed by atoms with van der Waals surface area (Å²) in [6, 6.07) is 30.5. The Kier molecular flexibility index (Phi) is 8.58. The summed E-state index contributed by atoms with van der Waals surface area (Å²) in [5.74, 6) is -1.19. The maximum atomic E-state index is 13.7. The first-order chi connectivity index (χ1) is 20.4. The van der Waals surface area contributed by atoms with Gasteiger partial charge in [-0.25, -0.2) is 4.79 Å². The first-order valence-electron chi connectivity index (χ1n) is 13.5. The lowest BCUT2D eigenvalue weighted by Crippen LogP contribution is -2.40. The third-order valence-corrected chi connectivity index (χ3v) is 6.81. The van der Waals surface area contributed by atoms with E-state index in [0.717, 1.165) is 11.1 Å². The van der Waals surface area contributed by atoms with Gasteiger partial charge >= 0.3 is 12.0 Å². The number of nitrogens with one attached hydrogen (secondary N) is 3. The number of carbonyl (C=O) groups is 4. The summed E-state index contributed by atoms with van der Waals surface area (Å²) in [7, 11) is 0. The number of benzene rings is 4. The van der Waals surface area contributed by atoms with Crippen LogP contribution in [-0.2, 0) is 27.4 Å². The van der Waals surface area contributed by atoms with Crippen LogP contribution >= 0.6 is 0 Å². The molecular formula is C33H30N4O5. The molecule has 0 bridgehead atoms. The molecule has 212 valence electrons. The summed E-state index contributed by atoms with van der Waals surface area (Å²) in [6.45, 7) is 1.75. The van der Waals surface area contributed by atoms with Gasteiger partial charge in [-0.1, -0.05) is 78.9 Å². The monoisotopic (exact) mass is 562 g/mol. The number of hydrogen-bond acceptors (Lipinski definition) is 5. The summed E-state index contributed by atoms with van der Waals surface area (Å²) in [6.07, 6.45) is -0.778. The van der Waals surface area contributed by atoms with Crippen molar-refractivity contribution in [3.05, 3.63) is 131 Å². The normalized spacial score (nSPS) is 13.7. The molecule has 1 aliphatic rings. The summed E-state index contributed by atoms with van der Waals surface area (Å²) >= 11 is 0. The van der Waals surface area contributed by atoms with Gasteiger partial charge in [0.25, 0.3) is 5.91 Å². The Morgan fingerprint density at radius 3 is 2.10 bits per heavy atom. The van der Waals surface area contributed by atoms with E-state index in [0.29, 0.717) is 34.6 Å². The lowest BCUT2D eigenvalue weighted by Gasteiger charge is -2.23. The van der Waals surface area contributed by atoms with Gasteiger partial charge in [-0.15, -0.1) is 0 Å². The number of fused-ring (bicyclic) bond motifs is 2. The van der Waals surface area contributed by atoms with Gasteiger partial charge < -0.3 is 20.7 Å². The molecule has 0 radical (unpaired) electrons. The van der Waals surface area contributed by atoms with Crippen LogP contribution in [0.5, 0.6) is 0 Å². The Morgan fingerprint density at radius 2 is 1.36 bits per heavy atom. The SMILES string of the molecule is CC(=O)OC1c2ccccc2C(=O)N(CC(=O)NCc2ccc(NC(=O)NCc3ccccc3)cc2)c2ccccc21. The second kappa shape index (κ2) is 12.8. The van der Waals surface area contributed by atoms with Gasteiger partial charge in [0.1, 0.15) is 6.54 Å². The zero-order valence-electron chi connectivity index (χ0n) is 23.0. The van der Waals surface area contributed by atoms with Crippen molar-refractivity contribution in [2.45, 2.75) is 26.1 Å². The second-order valence-electron chi connectivity index (χ2n) is 9.79. The number of amides is 4. The molecule has 0 aliphatic carbocycles. The molecule has 5 rings (SSSR count). The number of nitrogens with zero attached hydrogens (tertiary/aromatic N) is 1. The van der Waals surface area contributed by atoms with Crippen molar-refractivity contribution in [1.82, 2.24) is 10.6 Å². The molecule has 42 heavy (non-hydrogen) atoms. The van der Waals surface area contributed by atoms with Gasteiger partial charge in [0.15, 0.2) is 6.10 Å². The highest BCUT2D eigenvalue weighted by Crippen LogP contribution is 2.39. The fraction of sp³-hybridized carbons (Fsp3) is 0.152. The third-order valence-electron chi connectivity index (χ3n) is 6.81. The molecule has 9 heteroatoms. The Morgan fingerprint density at radius 1 is 0.738 bits per heavy atom. The van der Waals surface area contributed by atoms with Crippen molar-refractivity contribution in [3.8, 4) is 0 Å². The lowest BCUT2D eigenvalue weighted by atomic mass is 9.97. The highest BCUT2D eigenvalue weighted by Gasteiger charge is 2.34. The average molecular weight is 563 g/mol. The van der Waals surface area contributed by atoms with Crippen molar-refractivity contribution in [1.29, 1.82) is 0 Å². The zero-order valence-corrected chi connectivity index (χ0v) is 23.0. The Bertz CT molecular complexity index is 1600. The highest BCUT2D eigenvalue weighted by atomic mass is 16.5. The van der Waals surface area contributed by atoms with Crippen molar-refractivity contribution in [2.75, 3.05) is 16.8 Å². The molecular weight excluding hydrogens is 532 g/mol. The summed E-state index contributed by atoms with van der Waals surface area (Å²) in [5, 5.41) is 8.47. The molecule has 4 amide bonds. The van der Waals surface area contributed by atoms with Crippen molar-refractivity contribution in [3.63, 3.8) is 0 Å². The lowest BCUT2D eigenvalue weighted by molar-refractivity contribution is -0.144. The third kappa shape index (κ3) is 6.64. The Balaban J connectivity index is 1.22. The molecule has 4 aromatic carbocycles. The fourth-order valence-electron chi connectivity index (χ4n) is 4.81. The van der Waals surface area contributed by atoms with Gasteiger partial charge in [-0.05, 0) is 35.4 Å². The van der Waals surface area contributed by atoms with Gasteiger partial charge in [0, 0.05) is 42.4 Å². The number of anilines is 2. The largest absolute Gasteiger partial charge is 0.453 e. The molecule has 4 aromatic rings. The fourth-order valence-corrected chi connectivity index (χ4v) is 4.81. The average Bonchev–Trinajstić information content (AvgIpc) is 3.09. The quantitative estimate of drug-likeness (QED) is 0.263. The Hall–Kier alpha value is -5.44. The molecule has 0 spiro atoms. The second-order valence-corrected chi connectivity index (χ2v) is 9.79. The molecule has 1 aliphatic heterocycles. The predicted octanol–water partition coefficient (Wildman–Crippen LogP) is 4.94. The van der Waals surface area contributed by atoms with E-state index in [2.05, 4.69) is 16.0 Å². The smallest absolute Gasteiger partial charge is 0.319 e. The van der Waals surface area contributed by atoms with E-state index in [-0.39, 0.29) is 30.9 Å². The van der Waals surface area contributed by atoms with Crippen LogP contribution in [0, 0.1) is 0 Å². The molecule has 9 nitrogen and oxygen atoms in total. The predicted molar refractivity (Wildman–Crippen MR) is 159 cm³/mol. The van der Waals surface area contributed by atoms with Crippen LogP contribution in [0.2, 0.25) is 0 Å². The van der Waals surface area contributed by atoms with E-state index in [1.54, 1.807) is 72.8 Å². The molecule has 1 heterocycles. The van der Waals surface area contributed by atoms with Gasteiger partial charge in [-0.2, -0.15) is 0 Å². The number of rotatable bonds is 8. The van der Waals surface area contributed by atoms with E-state index in [9.17, 15) is 19.2 Å². The summed E-state index contributed by atoms with van der Waals surface area (Å²) in [4.78, 5) is 52.3. The number of hydrogen-bond donors (Lipinski definition) is 3. The standard InChI is InChI=1S/C33H30N4O5/c1-22(38)42-31-26-11-5-6-12-27(26)32(40)37(29-14-8-7-13-28(29)31)21-30(39)34-19-24-15-17-25(18-16-24)36-33(41)35-20-23-9-3-2-4-10-23/h2-18,31H,19-21H2,1H3,(H,34,39)(H2,35,36,41). The van der Waals surface area contributed by atoms with E-state index >= 15 is 0 Å². The van der Waals surface area contributed by atoms with Crippen LogP contribution in [0.4, 0.5) is 16.2 Å². The summed E-state index contributed by atoms with van der Waals surface area (Å²) in [5.41, 5.74) is 4.48. The zero-order chi connectivity index (χ0) is 29.5. The topological polar surface area (TPSA) is 117 Å². The number of para-hydroxylation sites is 1. The van der Waals surface area contributed by atoms with Crippen LogP contribution in [-0.4, -0.2) is 30.4 Å². The maximum Gasteiger partial charge on any atom is 0.319 e. The first-order valence-corrected chi connectivity index (χ1v) is 13.5. The Labute approximate surface area is 243 Å². The summed E-state index contributed by atoms with van der Waals surface area (Å²) < 4.78 is 5.65. The molecule has 0 aromatic heterocycles. The van der Waals surface area contributed by atoms with E-state index < -0.39 is 12.1 Å². The van der Waals surface area contributed by atoms with Crippen LogP contribution < -0.4 is 20.9 Å². The molecule has 1 unspecified atom stereocenters. The van der Waals surface area contributed by atoms with Crippen molar-refractivity contribution in [2.24, 2.45) is 0 Å². The molecule has 1 atom stereocenters. The highest BCUT2D eigenvalue weighted by molar-refractivity contribution is 6.11. The number of carbonyl (C=O) groups excluding carboxylic acids is 4. The van der Waals surface area contributed by atoms with Crippen LogP contribution in [0.15, 0.2) is 103 Å².